The molecular formula is C4H9NO4. The third-order valence-electron chi connectivity index (χ3n) is 0.676. The summed E-state index contributed by atoms with van der Waals surface area (Å²) >= 11 is 0. The molecule has 5 nitrogen and oxygen atoms in total. The van der Waals surface area contributed by atoms with Crippen molar-refractivity contribution in [2.75, 3.05) is 19.7 Å². The molecule has 0 aliphatic carbocycles. The zero-order valence-corrected chi connectivity index (χ0v) is 4.82. The number of hydrogen-bond acceptors (Lipinski definition) is 4. The molecule has 0 aromatic heterocycles. The van der Waals surface area contributed by atoms with E-state index in [9.17, 15) is 4.79 Å². The van der Waals surface area contributed by atoms with Crippen molar-refractivity contribution in [2.24, 2.45) is 0 Å². The Bertz CT molecular complexity index is 94.6. The lowest BCUT2D eigenvalue weighted by atomic mass is 10.6. The summed E-state index contributed by atoms with van der Waals surface area (Å²) in [5.41, 5.74) is 0. The minimum atomic E-state index is -1.12. The average Bonchev–Trinajstić information content (AvgIpc) is 1.63. The number of aliphatic hydroxyl groups excluding tert-OH is 1. The maximum Gasteiger partial charge on any atom is 0.320 e. The van der Waals surface area contributed by atoms with E-state index >= 15 is 0 Å². The number of carbonyl (C=O) groups is 1. The SMILES string of the molecule is O=C(O)CN(O)CCO. The third-order valence-corrected chi connectivity index (χ3v) is 0.676. The molecule has 0 saturated heterocycles. The number of hydrogen-bond donors (Lipinski definition) is 3. The molecule has 0 heterocycles. The Hall–Kier alpha value is -0.650. The topological polar surface area (TPSA) is 81.0 Å². The average molecular weight is 135 g/mol. The summed E-state index contributed by atoms with van der Waals surface area (Å²) in [4.78, 5) is 9.80. The molecule has 0 aromatic rings. The second-order valence-electron chi connectivity index (χ2n) is 1.51. The van der Waals surface area contributed by atoms with Gasteiger partial charge in [-0.05, 0) is 0 Å². The maximum absolute atomic E-state index is 9.80. The van der Waals surface area contributed by atoms with E-state index in [2.05, 4.69) is 0 Å². The quantitative estimate of drug-likeness (QED) is 0.420. The van der Waals surface area contributed by atoms with Crippen LogP contribution >= 0.6 is 0 Å². The van der Waals surface area contributed by atoms with Crippen molar-refractivity contribution in [1.82, 2.24) is 5.06 Å². The summed E-state index contributed by atoms with van der Waals surface area (Å²) < 4.78 is 0. The van der Waals surface area contributed by atoms with E-state index in [4.69, 9.17) is 15.4 Å². The Kier molecular flexibility index (Phi) is 3.94. The highest BCUT2D eigenvalue weighted by molar-refractivity contribution is 5.68. The minimum Gasteiger partial charge on any atom is -0.480 e. The van der Waals surface area contributed by atoms with Crippen molar-refractivity contribution in [3.63, 3.8) is 0 Å². The summed E-state index contributed by atoms with van der Waals surface area (Å²) in [5, 5.41) is 25.2. The first-order valence-corrected chi connectivity index (χ1v) is 2.43. The molecule has 54 valence electrons. The molecule has 0 aliphatic rings. The van der Waals surface area contributed by atoms with Gasteiger partial charge in [0.25, 0.3) is 0 Å². The standard InChI is InChI=1S/C4H9NO4/c6-2-1-5(9)3-4(7)8/h6,9H,1-3H2,(H,7,8). The van der Waals surface area contributed by atoms with Gasteiger partial charge in [-0.2, -0.15) is 5.06 Å². The second-order valence-corrected chi connectivity index (χ2v) is 1.51. The van der Waals surface area contributed by atoms with E-state index in [-0.39, 0.29) is 13.2 Å². The summed E-state index contributed by atoms with van der Waals surface area (Å²) in [5.74, 6) is -1.12. The Morgan fingerprint density at radius 3 is 2.44 bits per heavy atom. The van der Waals surface area contributed by atoms with E-state index in [0.29, 0.717) is 5.06 Å². The van der Waals surface area contributed by atoms with Gasteiger partial charge in [-0.25, -0.2) is 0 Å². The zero-order chi connectivity index (χ0) is 7.28. The highest BCUT2D eigenvalue weighted by Gasteiger charge is 2.03. The molecule has 0 unspecified atom stereocenters. The molecule has 5 heteroatoms. The molecule has 0 fully saturated rings. The molecule has 0 amide bonds. The molecule has 0 rings (SSSR count). The number of aliphatic hydroxyl groups is 1. The van der Waals surface area contributed by atoms with Gasteiger partial charge in [-0.15, -0.1) is 0 Å². The van der Waals surface area contributed by atoms with Crippen molar-refractivity contribution >= 4 is 5.97 Å². The van der Waals surface area contributed by atoms with Crippen molar-refractivity contribution in [3.05, 3.63) is 0 Å². The Morgan fingerprint density at radius 2 is 2.11 bits per heavy atom. The fraction of sp³-hybridized carbons (Fsp3) is 0.750. The molecule has 0 aromatic carbocycles. The summed E-state index contributed by atoms with van der Waals surface area (Å²) in [6, 6.07) is 0. The summed E-state index contributed by atoms with van der Waals surface area (Å²) in [6.07, 6.45) is 0. The van der Waals surface area contributed by atoms with Gasteiger partial charge in [0.2, 0.25) is 0 Å². The first-order valence-electron chi connectivity index (χ1n) is 2.43. The highest BCUT2D eigenvalue weighted by atomic mass is 16.5. The molecule has 0 saturated carbocycles. The zero-order valence-electron chi connectivity index (χ0n) is 4.82. The van der Waals surface area contributed by atoms with Crippen LogP contribution in [0.2, 0.25) is 0 Å². The highest BCUT2D eigenvalue weighted by Crippen LogP contribution is 1.77. The lowest BCUT2D eigenvalue weighted by Crippen LogP contribution is -2.28. The van der Waals surface area contributed by atoms with Gasteiger partial charge < -0.3 is 15.4 Å². The van der Waals surface area contributed by atoms with Gasteiger partial charge in [0.15, 0.2) is 0 Å². The van der Waals surface area contributed by atoms with E-state index in [1.807, 2.05) is 0 Å². The van der Waals surface area contributed by atoms with E-state index in [1.165, 1.54) is 0 Å². The fourth-order valence-electron chi connectivity index (χ4n) is 0.351. The number of nitrogens with zero attached hydrogens (tertiary/aromatic N) is 1. The van der Waals surface area contributed by atoms with Crippen LogP contribution in [0, 0.1) is 0 Å². The van der Waals surface area contributed by atoms with Gasteiger partial charge in [-0.1, -0.05) is 0 Å². The van der Waals surface area contributed by atoms with Crippen LogP contribution in [0.5, 0.6) is 0 Å². The number of carboxylic acids is 1. The van der Waals surface area contributed by atoms with E-state index in [1.54, 1.807) is 0 Å². The lowest BCUT2D eigenvalue weighted by molar-refractivity contribution is -0.154. The van der Waals surface area contributed by atoms with Crippen LogP contribution < -0.4 is 0 Å². The molecule has 0 radical (unpaired) electrons. The Labute approximate surface area is 52.1 Å². The molecule has 0 bridgehead atoms. The van der Waals surface area contributed by atoms with E-state index in [0.717, 1.165) is 0 Å². The van der Waals surface area contributed by atoms with Gasteiger partial charge in [0.1, 0.15) is 6.54 Å². The molecule has 0 spiro atoms. The molecule has 0 atom stereocenters. The number of hydroxylamine groups is 2. The molecule has 9 heavy (non-hydrogen) atoms. The van der Waals surface area contributed by atoms with Gasteiger partial charge in [-0.3, -0.25) is 4.79 Å². The molecule has 3 N–H and O–H groups in total. The van der Waals surface area contributed by atoms with Crippen molar-refractivity contribution in [2.45, 2.75) is 0 Å². The monoisotopic (exact) mass is 135 g/mol. The third kappa shape index (κ3) is 5.22. The predicted molar refractivity (Wildman–Crippen MR) is 28.1 cm³/mol. The minimum absolute atomic E-state index is 0.0354. The van der Waals surface area contributed by atoms with Crippen LogP contribution in [-0.2, 0) is 4.79 Å². The number of carboxylic acid groups (broad SMARTS) is 1. The van der Waals surface area contributed by atoms with Crippen LogP contribution in [0.4, 0.5) is 0 Å². The lowest BCUT2D eigenvalue weighted by Gasteiger charge is -2.08. The van der Waals surface area contributed by atoms with Crippen LogP contribution in [0.1, 0.15) is 0 Å². The predicted octanol–water partition coefficient (Wildman–Crippen LogP) is -1.25. The van der Waals surface area contributed by atoms with E-state index < -0.39 is 12.5 Å². The first-order chi connectivity index (χ1) is 4.16. The second kappa shape index (κ2) is 4.25. The fourth-order valence-corrected chi connectivity index (χ4v) is 0.351. The first kappa shape index (κ1) is 8.35. The number of rotatable bonds is 4. The van der Waals surface area contributed by atoms with Gasteiger partial charge in [0.05, 0.1) is 6.61 Å². The van der Waals surface area contributed by atoms with Crippen molar-refractivity contribution in [3.8, 4) is 0 Å². The summed E-state index contributed by atoms with van der Waals surface area (Å²) in [7, 11) is 0. The van der Waals surface area contributed by atoms with Crippen LogP contribution in [0.15, 0.2) is 0 Å². The maximum atomic E-state index is 9.80. The van der Waals surface area contributed by atoms with Crippen LogP contribution in [0.25, 0.3) is 0 Å². The van der Waals surface area contributed by atoms with Crippen LogP contribution in [0.3, 0.4) is 0 Å². The largest absolute Gasteiger partial charge is 0.480 e. The normalized spacial score (nSPS) is 10.1. The molecular weight excluding hydrogens is 126 g/mol. The Balaban J connectivity index is 3.26. The van der Waals surface area contributed by atoms with Gasteiger partial charge in [0, 0.05) is 6.54 Å². The number of aliphatic carboxylic acids is 1. The Morgan fingerprint density at radius 1 is 1.56 bits per heavy atom. The van der Waals surface area contributed by atoms with Gasteiger partial charge >= 0.3 is 5.97 Å². The van der Waals surface area contributed by atoms with Crippen molar-refractivity contribution < 1.29 is 20.2 Å². The van der Waals surface area contributed by atoms with Crippen LogP contribution in [-0.4, -0.2) is 46.1 Å². The van der Waals surface area contributed by atoms with Crippen molar-refractivity contribution in [1.29, 1.82) is 0 Å². The molecule has 0 aliphatic heterocycles. The summed E-state index contributed by atoms with van der Waals surface area (Å²) in [6.45, 7) is -0.739. The smallest absolute Gasteiger partial charge is 0.320 e.